The Morgan fingerprint density at radius 2 is 1.95 bits per heavy atom. The van der Waals surface area contributed by atoms with E-state index >= 15 is 0 Å². The first kappa shape index (κ1) is 17.5. The van der Waals surface area contributed by atoms with E-state index < -0.39 is 12.0 Å². The molecule has 2 atom stereocenters. The summed E-state index contributed by atoms with van der Waals surface area (Å²) in [6.45, 7) is 5.64. The van der Waals surface area contributed by atoms with Gasteiger partial charge in [0.2, 0.25) is 5.91 Å². The van der Waals surface area contributed by atoms with Gasteiger partial charge in [0.05, 0.1) is 0 Å². The lowest BCUT2D eigenvalue weighted by atomic mass is 9.98. The molecule has 0 heterocycles. The van der Waals surface area contributed by atoms with Crippen LogP contribution in [0.1, 0.15) is 32.8 Å². The number of benzene rings is 1. The van der Waals surface area contributed by atoms with Crippen molar-refractivity contribution in [2.24, 2.45) is 11.8 Å². The molecule has 0 fully saturated rings. The number of hydrogen-bond acceptors (Lipinski definition) is 2. The second kappa shape index (κ2) is 8.03. The van der Waals surface area contributed by atoms with Gasteiger partial charge >= 0.3 is 5.97 Å². The zero-order valence-electron chi connectivity index (χ0n) is 12.6. The molecule has 1 aromatic carbocycles. The summed E-state index contributed by atoms with van der Waals surface area (Å²) in [5.41, 5.74) is 0.959. The molecular formula is C16H22ClNO3. The lowest BCUT2D eigenvalue weighted by Gasteiger charge is -2.19. The molecule has 0 aromatic heterocycles. The fraction of sp³-hybridized carbons (Fsp3) is 0.500. The van der Waals surface area contributed by atoms with E-state index in [2.05, 4.69) is 5.32 Å². The first-order valence-electron chi connectivity index (χ1n) is 7.07. The number of carbonyl (C=O) groups is 2. The lowest BCUT2D eigenvalue weighted by Crippen LogP contribution is -2.44. The Balaban J connectivity index is 2.62. The van der Waals surface area contributed by atoms with E-state index in [1.165, 1.54) is 0 Å². The summed E-state index contributed by atoms with van der Waals surface area (Å²) in [6, 6.07) is 6.49. The van der Waals surface area contributed by atoms with Gasteiger partial charge in [0.25, 0.3) is 0 Å². The molecule has 0 bridgehead atoms. The number of carboxylic acid groups (broad SMARTS) is 1. The van der Waals surface area contributed by atoms with E-state index in [1.54, 1.807) is 13.0 Å². The van der Waals surface area contributed by atoms with Crippen LogP contribution in [0.2, 0.25) is 5.02 Å². The standard InChI is InChI=1S/C16H22ClNO3/c1-10(2)7-14(16(20)21)18-15(19)11(3)8-12-5-4-6-13(17)9-12/h4-6,9-11,14H,7-8H2,1-3H3,(H,18,19)(H,20,21). The summed E-state index contributed by atoms with van der Waals surface area (Å²) in [6.07, 6.45) is 0.950. The largest absolute Gasteiger partial charge is 0.480 e. The molecule has 21 heavy (non-hydrogen) atoms. The minimum absolute atomic E-state index is 0.203. The molecule has 0 aliphatic rings. The highest BCUT2D eigenvalue weighted by Crippen LogP contribution is 2.15. The quantitative estimate of drug-likeness (QED) is 0.813. The van der Waals surface area contributed by atoms with Crippen LogP contribution in [0.3, 0.4) is 0 Å². The maximum absolute atomic E-state index is 12.1. The van der Waals surface area contributed by atoms with Gasteiger partial charge in [-0.2, -0.15) is 0 Å². The van der Waals surface area contributed by atoms with Gasteiger partial charge in [-0.1, -0.05) is 44.5 Å². The third-order valence-corrected chi connectivity index (χ3v) is 3.44. The average Bonchev–Trinajstić information content (AvgIpc) is 2.37. The third-order valence-electron chi connectivity index (χ3n) is 3.20. The molecule has 0 saturated heterocycles. The molecule has 1 amide bonds. The molecule has 2 unspecified atom stereocenters. The Labute approximate surface area is 130 Å². The Morgan fingerprint density at radius 1 is 1.29 bits per heavy atom. The van der Waals surface area contributed by atoms with Crippen LogP contribution in [0.25, 0.3) is 0 Å². The van der Waals surface area contributed by atoms with Crippen LogP contribution in [-0.4, -0.2) is 23.0 Å². The summed E-state index contributed by atoms with van der Waals surface area (Å²) in [5.74, 6) is -1.35. The van der Waals surface area contributed by atoms with Gasteiger partial charge < -0.3 is 10.4 Å². The molecule has 1 aromatic rings. The number of nitrogens with one attached hydrogen (secondary N) is 1. The summed E-state index contributed by atoms with van der Waals surface area (Å²) < 4.78 is 0. The summed E-state index contributed by atoms with van der Waals surface area (Å²) in [4.78, 5) is 23.3. The minimum atomic E-state index is -0.994. The van der Waals surface area contributed by atoms with Crippen LogP contribution >= 0.6 is 11.6 Å². The fourth-order valence-corrected chi connectivity index (χ4v) is 2.33. The maximum Gasteiger partial charge on any atom is 0.326 e. The smallest absolute Gasteiger partial charge is 0.326 e. The first-order valence-corrected chi connectivity index (χ1v) is 7.45. The van der Waals surface area contributed by atoms with Crippen LogP contribution < -0.4 is 5.32 Å². The second-order valence-corrected chi connectivity index (χ2v) is 6.20. The number of amides is 1. The molecule has 116 valence electrons. The van der Waals surface area contributed by atoms with Crippen LogP contribution in [0, 0.1) is 11.8 Å². The van der Waals surface area contributed by atoms with Crippen LogP contribution in [-0.2, 0) is 16.0 Å². The van der Waals surface area contributed by atoms with Crippen molar-refractivity contribution < 1.29 is 14.7 Å². The first-order chi connectivity index (χ1) is 9.79. The molecule has 0 aliphatic heterocycles. The predicted octanol–water partition coefficient (Wildman–Crippen LogP) is 3.13. The zero-order valence-corrected chi connectivity index (χ0v) is 13.4. The maximum atomic E-state index is 12.1. The number of halogens is 1. The van der Waals surface area contributed by atoms with Crippen molar-refractivity contribution in [2.45, 2.75) is 39.7 Å². The Morgan fingerprint density at radius 3 is 2.48 bits per heavy atom. The van der Waals surface area contributed by atoms with Crippen LogP contribution in [0.15, 0.2) is 24.3 Å². The van der Waals surface area contributed by atoms with Gasteiger partial charge in [-0.25, -0.2) is 4.79 Å². The number of carboxylic acids is 1. The second-order valence-electron chi connectivity index (χ2n) is 5.76. The van der Waals surface area contributed by atoms with Crippen molar-refractivity contribution in [3.63, 3.8) is 0 Å². The van der Waals surface area contributed by atoms with Crippen molar-refractivity contribution in [1.29, 1.82) is 0 Å². The summed E-state index contributed by atoms with van der Waals surface area (Å²) in [7, 11) is 0. The Hall–Kier alpha value is -1.55. The van der Waals surface area contributed by atoms with Crippen molar-refractivity contribution in [3.05, 3.63) is 34.9 Å². The molecule has 0 saturated carbocycles. The van der Waals surface area contributed by atoms with E-state index in [0.717, 1.165) is 5.56 Å². The molecule has 5 heteroatoms. The fourth-order valence-electron chi connectivity index (χ4n) is 2.12. The normalized spacial score (nSPS) is 13.8. The van der Waals surface area contributed by atoms with Gasteiger partial charge in [0.15, 0.2) is 0 Å². The monoisotopic (exact) mass is 311 g/mol. The predicted molar refractivity (Wildman–Crippen MR) is 83.3 cm³/mol. The van der Waals surface area contributed by atoms with Gasteiger partial charge in [0.1, 0.15) is 6.04 Å². The number of carbonyl (C=O) groups excluding carboxylic acids is 1. The van der Waals surface area contributed by atoms with Crippen LogP contribution in [0.4, 0.5) is 0 Å². The average molecular weight is 312 g/mol. The number of hydrogen-bond donors (Lipinski definition) is 2. The van der Waals surface area contributed by atoms with E-state index in [-0.39, 0.29) is 17.7 Å². The highest BCUT2D eigenvalue weighted by molar-refractivity contribution is 6.30. The third kappa shape index (κ3) is 6.17. The van der Waals surface area contributed by atoms with E-state index in [4.69, 9.17) is 16.7 Å². The van der Waals surface area contributed by atoms with Gasteiger partial charge in [-0.3, -0.25) is 4.79 Å². The molecular weight excluding hydrogens is 290 g/mol. The zero-order chi connectivity index (χ0) is 16.0. The van der Waals surface area contributed by atoms with Gasteiger partial charge in [-0.05, 0) is 36.5 Å². The van der Waals surface area contributed by atoms with Crippen molar-refractivity contribution in [3.8, 4) is 0 Å². The summed E-state index contributed by atoms with van der Waals surface area (Å²) in [5, 5.41) is 12.4. The highest BCUT2D eigenvalue weighted by atomic mass is 35.5. The molecule has 0 radical (unpaired) electrons. The Bertz CT molecular complexity index is 502. The molecule has 4 nitrogen and oxygen atoms in total. The van der Waals surface area contributed by atoms with E-state index in [0.29, 0.717) is 17.9 Å². The minimum Gasteiger partial charge on any atom is -0.480 e. The summed E-state index contributed by atoms with van der Waals surface area (Å²) >= 11 is 5.91. The highest BCUT2D eigenvalue weighted by Gasteiger charge is 2.23. The van der Waals surface area contributed by atoms with Crippen molar-refractivity contribution in [2.75, 3.05) is 0 Å². The number of aliphatic carboxylic acids is 1. The van der Waals surface area contributed by atoms with Gasteiger partial charge in [0, 0.05) is 10.9 Å². The van der Waals surface area contributed by atoms with Crippen LogP contribution in [0.5, 0.6) is 0 Å². The SMILES string of the molecule is CC(C)CC(NC(=O)C(C)Cc1cccc(Cl)c1)C(=O)O. The molecule has 0 aliphatic carbocycles. The number of rotatable bonds is 7. The molecule has 0 spiro atoms. The van der Waals surface area contributed by atoms with Gasteiger partial charge in [-0.15, -0.1) is 0 Å². The molecule has 1 rings (SSSR count). The lowest BCUT2D eigenvalue weighted by molar-refractivity contribution is -0.142. The van der Waals surface area contributed by atoms with E-state index in [9.17, 15) is 9.59 Å². The topological polar surface area (TPSA) is 66.4 Å². The van der Waals surface area contributed by atoms with Crippen molar-refractivity contribution >= 4 is 23.5 Å². The Kier molecular flexibility index (Phi) is 6.69. The molecule has 2 N–H and O–H groups in total. The van der Waals surface area contributed by atoms with E-state index in [1.807, 2.05) is 32.0 Å². The van der Waals surface area contributed by atoms with Crippen molar-refractivity contribution in [1.82, 2.24) is 5.32 Å².